The Kier molecular flexibility index (Phi) is 2.64. The fourth-order valence-electron chi connectivity index (χ4n) is 4.80. The molecule has 0 heterocycles. The lowest BCUT2D eigenvalue weighted by Crippen LogP contribution is -2.36. The molecule has 90 valence electrons. The normalized spacial score (nSPS) is 37.9. The third-order valence-corrected chi connectivity index (χ3v) is 5.46. The number of hydrogen-bond acceptors (Lipinski definition) is 0. The predicted molar refractivity (Wildman–Crippen MR) is 69.3 cm³/mol. The van der Waals surface area contributed by atoms with Gasteiger partial charge in [-0.15, -0.1) is 0 Å². The van der Waals surface area contributed by atoms with Crippen LogP contribution in [0, 0.1) is 17.3 Å². The Hall–Kier alpha value is -0.260. The fourth-order valence-corrected chi connectivity index (χ4v) is 4.80. The molecule has 0 aromatic rings. The van der Waals surface area contributed by atoms with Crippen LogP contribution in [0.15, 0.2) is 11.1 Å². The first kappa shape index (κ1) is 10.9. The maximum atomic E-state index is 2.51. The van der Waals surface area contributed by atoms with Crippen molar-refractivity contribution in [3.05, 3.63) is 11.1 Å². The molecule has 16 heavy (non-hydrogen) atoms. The zero-order valence-corrected chi connectivity index (χ0v) is 11.0. The molecule has 0 radical (unpaired) electrons. The summed E-state index contributed by atoms with van der Waals surface area (Å²) < 4.78 is 0. The largest absolute Gasteiger partial charge is 0.0671 e. The molecule has 1 saturated carbocycles. The summed E-state index contributed by atoms with van der Waals surface area (Å²) in [4.78, 5) is 0. The van der Waals surface area contributed by atoms with E-state index in [2.05, 4.69) is 13.8 Å². The standard InChI is InChI=1S/C16H26/c1-16(2)11-12-7-3-4-8-13(12)14-9-5-6-10-15(14)16/h12-13H,3-11H2,1-2H3. The van der Waals surface area contributed by atoms with E-state index in [0.717, 1.165) is 11.8 Å². The van der Waals surface area contributed by atoms with Gasteiger partial charge in [0.2, 0.25) is 0 Å². The Morgan fingerprint density at radius 2 is 1.69 bits per heavy atom. The third kappa shape index (κ3) is 1.65. The minimum Gasteiger partial charge on any atom is -0.0671 e. The summed E-state index contributed by atoms with van der Waals surface area (Å²) in [5.41, 5.74) is 4.36. The number of allylic oxidation sites excluding steroid dienone is 2. The topological polar surface area (TPSA) is 0 Å². The van der Waals surface area contributed by atoms with Gasteiger partial charge in [0.1, 0.15) is 0 Å². The van der Waals surface area contributed by atoms with Crippen LogP contribution in [0.4, 0.5) is 0 Å². The number of fused-ring (bicyclic) bond motifs is 2. The third-order valence-electron chi connectivity index (χ3n) is 5.46. The first-order chi connectivity index (χ1) is 7.68. The maximum Gasteiger partial charge on any atom is -0.0139 e. The Morgan fingerprint density at radius 1 is 0.938 bits per heavy atom. The molecule has 3 aliphatic rings. The minimum atomic E-state index is 0.536. The molecule has 0 nitrogen and oxygen atoms in total. The van der Waals surface area contributed by atoms with Crippen molar-refractivity contribution < 1.29 is 0 Å². The van der Waals surface area contributed by atoms with Gasteiger partial charge in [-0.1, -0.05) is 37.8 Å². The maximum absolute atomic E-state index is 2.51. The molecule has 2 atom stereocenters. The Labute approximate surface area is 101 Å². The van der Waals surface area contributed by atoms with Crippen molar-refractivity contribution in [2.75, 3.05) is 0 Å². The van der Waals surface area contributed by atoms with Crippen LogP contribution >= 0.6 is 0 Å². The fraction of sp³-hybridized carbons (Fsp3) is 0.875. The van der Waals surface area contributed by atoms with Crippen molar-refractivity contribution in [3.8, 4) is 0 Å². The van der Waals surface area contributed by atoms with Gasteiger partial charge in [-0.05, 0) is 62.2 Å². The smallest absolute Gasteiger partial charge is 0.0139 e. The highest BCUT2D eigenvalue weighted by Gasteiger charge is 2.41. The monoisotopic (exact) mass is 218 g/mol. The molecule has 0 spiro atoms. The Bertz CT molecular complexity index is 308. The minimum absolute atomic E-state index is 0.536. The Balaban J connectivity index is 1.98. The van der Waals surface area contributed by atoms with Crippen LogP contribution in [0.25, 0.3) is 0 Å². The summed E-state index contributed by atoms with van der Waals surface area (Å²) >= 11 is 0. The van der Waals surface area contributed by atoms with E-state index in [-0.39, 0.29) is 0 Å². The van der Waals surface area contributed by atoms with Gasteiger partial charge in [0.15, 0.2) is 0 Å². The van der Waals surface area contributed by atoms with Gasteiger partial charge >= 0.3 is 0 Å². The summed E-state index contributed by atoms with van der Waals surface area (Å²) in [6.07, 6.45) is 13.3. The number of hydrogen-bond donors (Lipinski definition) is 0. The van der Waals surface area contributed by atoms with Crippen LogP contribution in [-0.4, -0.2) is 0 Å². The summed E-state index contributed by atoms with van der Waals surface area (Å²) in [5, 5.41) is 0. The Morgan fingerprint density at radius 3 is 2.56 bits per heavy atom. The highest BCUT2D eigenvalue weighted by Crippen LogP contribution is 2.54. The molecule has 0 heteroatoms. The lowest BCUT2D eigenvalue weighted by atomic mass is 9.57. The molecule has 0 bridgehead atoms. The molecule has 3 rings (SSSR count). The van der Waals surface area contributed by atoms with Crippen LogP contribution in [0.1, 0.15) is 71.6 Å². The molecule has 0 N–H and O–H groups in total. The summed E-state index contributed by atoms with van der Waals surface area (Å²) in [6.45, 7) is 5.02. The van der Waals surface area contributed by atoms with Gasteiger partial charge in [-0.25, -0.2) is 0 Å². The lowest BCUT2D eigenvalue weighted by molar-refractivity contribution is 0.159. The second-order valence-corrected chi connectivity index (χ2v) is 6.95. The lowest BCUT2D eigenvalue weighted by Gasteiger charge is -2.48. The highest BCUT2D eigenvalue weighted by molar-refractivity contribution is 5.29. The average molecular weight is 218 g/mol. The van der Waals surface area contributed by atoms with Gasteiger partial charge in [0.25, 0.3) is 0 Å². The molecule has 0 saturated heterocycles. The summed E-state index contributed by atoms with van der Waals surface area (Å²) in [5.74, 6) is 2.05. The van der Waals surface area contributed by atoms with Gasteiger partial charge in [0.05, 0.1) is 0 Å². The molecular formula is C16H26. The van der Waals surface area contributed by atoms with E-state index in [1.54, 1.807) is 0 Å². The van der Waals surface area contributed by atoms with Crippen LogP contribution in [0.3, 0.4) is 0 Å². The molecule has 0 aromatic heterocycles. The zero-order chi connectivity index (χ0) is 11.2. The van der Waals surface area contributed by atoms with Crippen molar-refractivity contribution in [2.24, 2.45) is 17.3 Å². The van der Waals surface area contributed by atoms with E-state index in [4.69, 9.17) is 0 Å². The molecule has 1 fully saturated rings. The first-order valence-electron chi connectivity index (χ1n) is 7.41. The van der Waals surface area contributed by atoms with Crippen LogP contribution in [0.2, 0.25) is 0 Å². The van der Waals surface area contributed by atoms with Crippen molar-refractivity contribution in [1.82, 2.24) is 0 Å². The molecule has 3 aliphatic carbocycles. The predicted octanol–water partition coefficient (Wildman–Crippen LogP) is 5.09. The van der Waals surface area contributed by atoms with Crippen LogP contribution in [-0.2, 0) is 0 Å². The van der Waals surface area contributed by atoms with E-state index in [9.17, 15) is 0 Å². The van der Waals surface area contributed by atoms with Gasteiger partial charge in [-0.3, -0.25) is 0 Å². The summed E-state index contributed by atoms with van der Waals surface area (Å²) in [6, 6.07) is 0. The number of rotatable bonds is 0. The molecule has 0 aliphatic heterocycles. The van der Waals surface area contributed by atoms with Crippen LogP contribution in [0.5, 0.6) is 0 Å². The molecule has 0 amide bonds. The quantitative estimate of drug-likeness (QED) is 0.497. The van der Waals surface area contributed by atoms with Crippen molar-refractivity contribution in [3.63, 3.8) is 0 Å². The van der Waals surface area contributed by atoms with E-state index < -0.39 is 0 Å². The SMILES string of the molecule is CC1(C)CC2CCCCC2C2=C1CCCC2. The average Bonchev–Trinajstić information content (AvgIpc) is 2.29. The summed E-state index contributed by atoms with van der Waals surface area (Å²) in [7, 11) is 0. The van der Waals surface area contributed by atoms with Gasteiger partial charge in [0, 0.05) is 0 Å². The van der Waals surface area contributed by atoms with E-state index in [1.807, 2.05) is 11.1 Å². The van der Waals surface area contributed by atoms with Gasteiger partial charge < -0.3 is 0 Å². The van der Waals surface area contributed by atoms with E-state index in [1.165, 1.54) is 57.8 Å². The first-order valence-corrected chi connectivity index (χ1v) is 7.41. The molecule has 0 aromatic carbocycles. The van der Waals surface area contributed by atoms with Crippen molar-refractivity contribution >= 4 is 0 Å². The zero-order valence-electron chi connectivity index (χ0n) is 11.0. The molecule has 2 unspecified atom stereocenters. The van der Waals surface area contributed by atoms with E-state index in [0.29, 0.717) is 5.41 Å². The van der Waals surface area contributed by atoms with Crippen LogP contribution < -0.4 is 0 Å². The van der Waals surface area contributed by atoms with Crippen molar-refractivity contribution in [1.29, 1.82) is 0 Å². The molecular weight excluding hydrogens is 192 g/mol. The highest BCUT2D eigenvalue weighted by atomic mass is 14.5. The second-order valence-electron chi connectivity index (χ2n) is 6.95. The van der Waals surface area contributed by atoms with Crippen molar-refractivity contribution in [2.45, 2.75) is 71.6 Å². The van der Waals surface area contributed by atoms with Gasteiger partial charge in [-0.2, -0.15) is 0 Å². The van der Waals surface area contributed by atoms with E-state index >= 15 is 0 Å². The second kappa shape index (κ2) is 3.89.